The Morgan fingerprint density at radius 3 is 2.04 bits per heavy atom. The van der Waals surface area contributed by atoms with E-state index in [0.29, 0.717) is 11.1 Å². The fourth-order valence-electron chi connectivity index (χ4n) is 2.88. The van der Waals surface area contributed by atoms with E-state index in [2.05, 4.69) is 5.32 Å². The topological polar surface area (TPSA) is 49.4 Å². The van der Waals surface area contributed by atoms with Crippen molar-refractivity contribution in [3.63, 3.8) is 0 Å². The second kappa shape index (κ2) is 7.30. The van der Waals surface area contributed by atoms with Crippen LogP contribution in [0.3, 0.4) is 0 Å². The summed E-state index contributed by atoms with van der Waals surface area (Å²) >= 11 is 0. The van der Waals surface area contributed by atoms with Gasteiger partial charge in [0.15, 0.2) is 0 Å². The molecular formula is C20H22N2O2. The first-order valence-corrected chi connectivity index (χ1v) is 8.41. The highest BCUT2D eigenvalue weighted by molar-refractivity contribution is 6.05. The van der Waals surface area contributed by atoms with E-state index in [1.165, 1.54) is 6.42 Å². The lowest BCUT2D eigenvalue weighted by Crippen LogP contribution is -2.35. The Morgan fingerprint density at radius 2 is 1.42 bits per heavy atom. The van der Waals surface area contributed by atoms with Gasteiger partial charge in [-0.3, -0.25) is 9.59 Å². The molecule has 0 aliphatic carbocycles. The zero-order valence-corrected chi connectivity index (χ0v) is 13.9. The number of carbonyl (C=O) groups excluding carboxylic acids is 2. The van der Waals surface area contributed by atoms with Crippen LogP contribution in [-0.2, 0) is 0 Å². The molecule has 1 N–H and O–H groups in total. The van der Waals surface area contributed by atoms with E-state index in [1.54, 1.807) is 24.3 Å². The molecule has 1 aliphatic heterocycles. The smallest absolute Gasteiger partial charge is 0.255 e. The van der Waals surface area contributed by atoms with Crippen molar-refractivity contribution in [2.45, 2.75) is 26.2 Å². The maximum absolute atomic E-state index is 12.4. The number of piperidine rings is 1. The van der Waals surface area contributed by atoms with Crippen molar-refractivity contribution in [2.75, 3.05) is 18.4 Å². The highest BCUT2D eigenvalue weighted by atomic mass is 16.2. The third-order valence-corrected chi connectivity index (χ3v) is 4.35. The molecule has 0 unspecified atom stereocenters. The van der Waals surface area contributed by atoms with Gasteiger partial charge < -0.3 is 10.2 Å². The molecule has 0 atom stereocenters. The third-order valence-electron chi connectivity index (χ3n) is 4.35. The summed E-state index contributed by atoms with van der Waals surface area (Å²) in [5, 5.41) is 2.86. The van der Waals surface area contributed by atoms with Crippen LogP contribution in [0.25, 0.3) is 0 Å². The lowest BCUT2D eigenvalue weighted by Gasteiger charge is -2.26. The number of anilines is 1. The summed E-state index contributed by atoms with van der Waals surface area (Å²) < 4.78 is 0. The zero-order chi connectivity index (χ0) is 16.9. The van der Waals surface area contributed by atoms with E-state index in [-0.39, 0.29) is 11.8 Å². The van der Waals surface area contributed by atoms with Gasteiger partial charge in [-0.05, 0) is 62.6 Å². The number of amides is 2. The van der Waals surface area contributed by atoms with Gasteiger partial charge in [-0.25, -0.2) is 0 Å². The van der Waals surface area contributed by atoms with Gasteiger partial charge in [0.25, 0.3) is 11.8 Å². The molecule has 0 aromatic heterocycles. The van der Waals surface area contributed by atoms with E-state index in [1.807, 2.05) is 36.1 Å². The summed E-state index contributed by atoms with van der Waals surface area (Å²) in [6.45, 7) is 3.66. The number of benzene rings is 2. The lowest BCUT2D eigenvalue weighted by atomic mass is 10.1. The van der Waals surface area contributed by atoms with E-state index < -0.39 is 0 Å². The van der Waals surface area contributed by atoms with Crippen LogP contribution < -0.4 is 5.32 Å². The van der Waals surface area contributed by atoms with Crippen molar-refractivity contribution in [1.29, 1.82) is 0 Å². The van der Waals surface area contributed by atoms with Crippen molar-refractivity contribution in [1.82, 2.24) is 4.90 Å². The first-order chi connectivity index (χ1) is 11.6. The monoisotopic (exact) mass is 322 g/mol. The second-order valence-electron chi connectivity index (χ2n) is 6.25. The van der Waals surface area contributed by atoms with E-state index >= 15 is 0 Å². The minimum Gasteiger partial charge on any atom is -0.339 e. The number of likely N-dealkylation sites (tertiary alicyclic amines) is 1. The Labute approximate surface area is 142 Å². The summed E-state index contributed by atoms with van der Waals surface area (Å²) in [4.78, 5) is 26.6. The van der Waals surface area contributed by atoms with Gasteiger partial charge in [0.05, 0.1) is 0 Å². The van der Waals surface area contributed by atoms with Gasteiger partial charge in [-0.1, -0.05) is 17.7 Å². The Hall–Kier alpha value is -2.62. The Morgan fingerprint density at radius 1 is 0.833 bits per heavy atom. The van der Waals surface area contributed by atoms with Crippen molar-refractivity contribution in [2.24, 2.45) is 0 Å². The average Bonchev–Trinajstić information content (AvgIpc) is 2.64. The van der Waals surface area contributed by atoms with Gasteiger partial charge in [0.2, 0.25) is 0 Å². The third kappa shape index (κ3) is 3.82. The van der Waals surface area contributed by atoms with Gasteiger partial charge in [-0.15, -0.1) is 0 Å². The maximum Gasteiger partial charge on any atom is 0.255 e. The number of aryl methyl sites for hydroxylation is 1. The van der Waals surface area contributed by atoms with Crippen LogP contribution in [0.2, 0.25) is 0 Å². The molecule has 124 valence electrons. The SMILES string of the molecule is Cc1ccc(NC(=O)c2ccc(C(=O)N3CCCCC3)cc2)cc1. The number of hydrogen-bond donors (Lipinski definition) is 1. The normalized spacial score (nSPS) is 14.3. The minimum absolute atomic E-state index is 0.0557. The molecule has 0 bridgehead atoms. The van der Waals surface area contributed by atoms with Crippen molar-refractivity contribution in [3.05, 3.63) is 65.2 Å². The molecule has 4 heteroatoms. The standard InChI is InChI=1S/C20H22N2O2/c1-15-5-11-18(12-6-15)21-19(23)16-7-9-17(10-8-16)20(24)22-13-3-2-4-14-22/h5-12H,2-4,13-14H2,1H3,(H,21,23). The highest BCUT2D eigenvalue weighted by Crippen LogP contribution is 2.15. The lowest BCUT2D eigenvalue weighted by molar-refractivity contribution is 0.0724. The van der Waals surface area contributed by atoms with Crippen LogP contribution in [0.4, 0.5) is 5.69 Å². The molecule has 2 aromatic carbocycles. The molecule has 2 aromatic rings. The number of nitrogens with one attached hydrogen (secondary N) is 1. The molecule has 1 heterocycles. The maximum atomic E-state index is 12.4. The highest BCUT2D eigenvalue weighted by Gasteiger charge is 2.18. The Kier molecular flexibility index (Phi) is 4.94. The number of nitrogens with zero attached hydrogens (tertiary/aromatic N) is 1. The Bertz CT molecular complexity index is 714. The van der Waals surface area contributed by atoms with Crippen LogP contribution in [0.15, 0.2) is 48.5 Å². The second-order valence-corrected chi connectivity index (χ2v) is 6.25. The molecule has 1 saturated heterocycles. The molecule has 24 heavy (non-hydrogen) atoms. The van der Waals surface area contributed by atoms with Gasteiger partial charge >= 0.3 is 0 Å². The molecule has 0 radical (unpaired) electrons. The number of rotatable bonds is 3. The van der Waals surface area contributed by atoms with Crippen LogP contribution in [0.5, 0.6) is 0 Å². The molecular weight excluding hydrogens is 300 g/mol. The van der Waals surface area contributed by atoms with E-state index in [9.17, 15) is 9.59 Å². The van der Waals surface area contributed by atoms with Gasteiger partial charge in [-0.2, -0.15) is 0 Å². The summed E-state index contributed by atoms with van der Waals surface area (Å²) in [6.07, 6.45) is 3.34. The summed E-state index contributed by atoms with van der Waals surface area (Å²) in [6, 6.07) is 14.6. The van der Waals surface area contributed by atoms with Gasteiger partial charge in [0.1, 0.15) is 0 Å². The van der Waals surface area contributed by atoms with Crippen molar-refractivity contribution in [3.8, 4) is 0 Å². The summed E-state index contributed by atoms with van der Waals surface area (Å²) in [5.41, 5.74) is 3.10. The van der Waals surface area contributed by atoms with Crippen molar-refractivity contribution < 1.29 is 9.59 Å². The minimum atomic E-state index is -0.171. The summed E-state index contributed by atoms with van der Waals surface area (Å²) in [7, 11) is 0. The van der Waals surface area contributed by atoms with Crippen molar-refractivity contribution >= 4 is 17.5 Å². The molecule has 1 aliphatic rings. The van der Waals surface area contributed by atoms with Crippen LogP contribution in [0, 0.1) is 6.92 Å². The zero-order valence-electron chi connectivity index (χ0n) is 13.9. The largest absolute Gasteiger partial charge is 0.339 e. The fourth-order valence-corrected chi connectivity index (χ4v) is 2.88. The van der Waals surface area contributed by atoms with E-state index in [0.717, 1.165) is 37.2 Å². The quantitative estimate of drug-likeness (QED) is 0.932. The molecule has 0 spiro atoms. The Balaban J connectivity index is 1.66. The molecule has 1 fully saturated rings. The van der Waals surface area contributed by atoms with E-state index in [4.69, 9.17) is 0 Å². The first kappa shape index (κ1) is 16.2. The number of hydrogen-bond acceptors (Lipinski definition) is 2. The average molecular weight is 322 g/mol. The first-order valence-electron chi connectivity index (χ1n) is 8.41. The molecule has 3 rings (SSSR count). The molecule has 0 saturated carbocycles. The molecule has 2 amide bonds. The molecule has 4 nitrogen and oxygen atoms in total. The van der Waals surface area contributed by atoms with Crippen LogP contribution >= 0.6 is 0 Å². The fraction of sp³-hybridized carbons (Fsp3) is 0.300. The van der Waals surface area contributed by atoms with Gasteiger partial charge in [0, 0.05) is 29.9 Å². The predicted molar refractivity (Wildman–Crippen MR) is 95.3 cm³/mol. The predicted octanol–water partition coefficient (Wildman–Crippen LogP) is 3.87. The number of carbonyl (C=O) groups is 2. The van der Waals surface area contributed by atoms with Crippen LogP contribution in [-0.4, -0.2) is 29.8 Å². The van der Waals surface area contributed by atoms with Crippen LogP contribution in [0.1, 0.15) is 45.5 Å². The summed E-state index contributed by atoms with van der Waals surface area (Å²) in [5.74, 6) is -0.115.